The third-order valence-corrected chi connectivity index (χ3v) is 8.62. The molecule has 1 N–H and O–H groups in total. The smallest absolute Gasteiger partial charge is 0.341 e. The Kier molecular flexibility index (Phi) is 13.4. The number of benzene rings is 1. The van der Waals surface area contributed by atoms with Crippen LogP contribution in [0.2, 0.25) is 0 Å². The van der Waals surface area contributed by atoms with Crippen molar-refractivity contribution < 1.29 is 23.4 Å². The molecule has 1 aliphatic carbocycles. The highest BCUT2D eigenvalue weighted by molar-refractivity contribution is 5.77. The highest BCUT2D eigenvalue weighted by Gasteiger charge is 2.47. The summed E-state index contributed by atoms with van der Waals surface area (Å²) < 4.78 is 36.4. The fourth-order valence-corrected chi connectivity index (χ4v) is 5.92. The number of carbonyl (C=O) groups is 1. The molecule has 0 amide bonds. The predicted octanol–water partition coefficient (Wildman–Crippen LogP) is 9.74. The lowest BCUT2D eigenvalue weighted by Gasteiger charge is -2.35. The zero-order valence-electron chi connectivity index (χ0n) is 24.6. The molecule has 1 heterocycles. The van der Waals surface area contributed by atoms with E-state index in [9.17, 15) is 14.3 Å². The molecule has 0 aliphatic heterocycles. The van der Waals surface area contributed by atoms with Gasteiger partial charge in [0.15, 0.2) is 11.6 Å². The van der Waals surface area contributed by atoms with E-state index in [1.54, 1.807) is 12.1 Å². The van der Waals surface area contributed by atoms with Crippen LogP contribution >= 0.6 is 0 Å². The van der Waals surface area contributed by atoms with Crippen LogP contribution < -0.4 is 4.74 Å². The molecule has 2 aromatic rings. The molecule has 0 saturated heterocycles. The van der Waals surface area contributed by atoms with E-state index in [0.717, 1.165) is 32.1 Å². The molecule has 6 heteroatoms. The molecule has 222 valence electrons. The minimum Gasteiger partial charge on any atom is -0.490 e. The van der Waals surface area contributed by atoms with Crippen LogP contribution in [0.1, 0.15) is 116 Å². The van der Waals surface area contributed by atoms with Crippen LogP contribution in [0.4, 0.5) is 8.78 Å². The lowest BCUT2D eigenvalue weighted by atomic mass is 9.74. The zero-order valence-corrected chi connectivity index (χ0v) is 24.6. The van der Waals surface area contributed by atoms with Crippen LogP contribution in [0.5, 0.6) is 5.75 Å². The number of aryl methyl sites for hydroxylation is 1. The summed E-state index contributed by atoms with van der Waals surface area (Å²) >= 11 is 0. The van der Waals surface area contributed by atoms with Crippen LogP contribution in [0, 0.1) is 17.7 Å². The Morgan fingerprint density at radius 3 is 2.33 bits per heavy atom. The van der Waals surface area contributed by atoms with Gasteiger partial charge < -0.3 is 9.84 Å². The average molecular weight is 558 g/mol. The van der Waals surface area contributed by atoms with Gasteiger partial charge in [-0.25, -0.2) is 13.6 Å². The summed E-state index contributed by atoms with van der Waals surface area (Å²) in [6.07, 6.45) is 17.6. The van der Waals surface area contributed by atoms with E-state index in [-0.39, 0.29) is 24.7 Å². The van der Waals surface area contributed by atoms with Gasteiger partial charge in [-0.15, -0.1) is 0 Å². The van der Waals surface area contributed by atoms with Crippen molar-refractivity contribution >= 4 is 5.97 Å². The Hall–Kier alpha value is -2.50. The lowest BCUT2D eigenvalue weighted by Crippen LogP contribution is -2.44. The summed E-state index contributed by atoms with van der Waals surface area (Å²) in [5.74, 6) is -2.59. The van der Waals surface area contributed by atoms with E-state index in [1.165, 1.54) is 56.6 Å². The van der Waals surface area contributed by atoms with Gasteiger partial charge in [0.2, 0.25) is 5.67 Å². The first-order valence-electron chi connectivity index (χ1n) is 15.7. The van der Waals surface area contributed by atoms with E-state index < -0.39 is 23.4 Å². The third kappa shape index (κ3) is 9.55. The van der Waals surface area contributed by atoms with Gasteiger partial charge in [0.25, 0.3) is 0 Å². The van der Waals surface area contributed by atoms with Crippen molar-refractivity contribution in [2.75, 3.05) is 6.61 Å². The lowest BCUT2D eigenvalue weighted by molar-refractivity contribution is -0.158. The first kappa shape index (κ1) is 32.0. The Bertz CT molecular complexity index is 1020. The number of ether oxygens (including phenoxy) is 1. The molecule has 1 aromatic heterocycles. The maximum absolute atomic E-state index is 15.7. The second-order valence-electron chi connectivity index (χ2n) is 11.7. The Morgan fingerprint density at radius 2 is 1.73 bits per heavy atom. The van der Waals surface area contributed by atoms with Gasteiger partial charge in [-0.2, -0.15) is 0 Å². The highest BCUT2D eigenvalue weighted by Crippen LogP contribution is 2.40. The van der Waals surface area contributed by atoms with Gasteiger partial charge in [-0.3, -0.25) is 4.98 Å². The number of pyridine rings is 1. The molecule has 2 atom stereocenters. The number of hydrogen-bond acceptors (Lipinski definition) is 3. The third-order valence-electron chi connectivity index (χ3n) is 8.62. The zero-order chi connectivity index (χ0) is 28.8. The normalized spacial score (nSPS) is 16.4. The van der Waals surface area contributed by atoms with E-state index >= 15 is 4.39 Å². The van der Waals surface area contributed by atoms with Crippen molar-refractivity contribution in [1.82, 2.24) is 4.98 Å². The molecular weight excluding hydrogens is 508 g/mol. The standard InChI is InChI=1S/C34H49F2NO3/c1-3-5-6-7-8-9-10-12-15-27-18-20-31(37-24-27)28-19-21-32(30(35)22-28)40-25-26(4-2)23-34(36,33(38)39)29-16-13-11-14-17-29/h18-22,24,26,29H,3-17,23,25H2,1-2H3,(H,38,39)/t26?,34-/m0/s1. The van der Waals surface area contributed by atoms with Crippen molar-refractivity contribution in [3.63, 3.8) is 0 Å². The predicted molar refractivity (Wildman–Crippen MR) is 158 cm³/mol. The van der Waals surface area contributed by atoms with E-state index in [2.05, 4.69) is 18.0 Å². The molecule has 1 aliphatic rings. The minimum absolute atomic E-state index is 0.0735. The first-order valence-corrected chi connectivity index (χ1v) is 15.7. The minimum atomic E-state index is -2.26. The highest BCUT2D eigenvalue weighted by atomic mass is 19.1. The SMILES string of the molecule is CCCCCCCCCCc1ccc(-c2ccc(OCC(CC)C[C@@](F)(C(=O)O)C3CCCCC3)c(F)c2)nc1. The number of halogens is 2. The number of carboxylic acids is 1. The van der Waals surface area contributed by atoms with Gasteiger partial charge in [-0.05, 0) is 74.3 Å². The number of aliphatic carboxylic acids is 1. The molecule has 3 rings (SSSR count). The maximum atomic E-state index is 15.7. The van der Waals surface area contributed by atoms with Crippen molar-refractivity contribution in [1.29, 1.82) is 0 Å². The fraction of sp³-hybridized carbons (Fsp3) is 0.647. The second kappa shape index (κ2) is 16.7. The largest absolute Gasteiger partial charge is 0.490 e. The Morgan fingerprint density at radius 1 is 1.02 bits per heavy atom. The molecular formula is C34H49F2NO3. The van der Waals surface area contributed by atoms with Crippen LogP contribution in [0.25, 0.3) is 11.3 Å². The number of carboxylic acid groups (broad SMARTS) is 1. The summed E-state index contributed by atoms with van der Waals surface area (Å²) in [4.78, 5) is 16.5. The molecule has 0 radical (unpaired) electrons. The van der Waals surface area contributed by atoms with Gasteiger partial charge in [-0.1, -0.05) is 84.1 Å². The van der Waals surface area contributed by atoms with E-state index in [0.29, 0.717) is 30.5 Å². The van der Waals surface area contributed by atoms with Crippen molar-refractivity contribution in [3.8, 4) is 17.0 Å². The van der Waals surface area contributed by atoms with Crippen LogP contribution in [-0.4, -0.2) is 28.3 Å². The van der Waals surface area contributed by atoms with E-state index in [1.807, 2.05) is 19.2 Å². The summed E-state index contributed by atoms with van der Waals surface area (Å²) in [5.41, 5.74) is 0.298. The number of hydrogen-bond donors (Lipinski definition) is 1. The van der Waals surface area contributed by atoms with Crippen LogP contribution in [-0.2, 0) is 11.2 Å². The molecule has 4 nitrogen and oxygen atoms in total. The average Bonchev–Trinajstić information content (AvgIpc) is 2.97. The van der Waals surface area contributed by atoms with Gasteiger partial charge in [0, 0.05) is 17.7 Å². The molecule has 0 spiro atoms. The van der Waals surface area contributed by atoms with Gasteiger partial charge in [0.05, 0.1) is 12.3 Å². The molecule has 0 bridgehead atoms. The Balaban J connectivity index is 1.50. The second-order valence-corrected chi connectivity index (χ2v) is 11.7. The quantitative estimate of drug-likeness (QED) is 0.185. The van der Waals surface area contributed by atoms with Crippen LogP contribution in [0.15, 0.2) is 36.5 Å². The van der Waals surface area contributed by atoms with Crippen molar-refractivity contribution in [3.05, 3.63) is 47.9 Å². The summed E-state index contributed by atoms with van der Waals surface area (Å²) in [6, 6.07) is 8.76. The van der Waals surface area contributed by atoms with Gasteiger partial charge in [0.1, 0.15) is 0 Å². The van der Waals surface area contributed by atoms with Crippen molar-refractivity contribution in [2.24, 2.45) is 11.8 Å². The molecule has 1 saturated carbocycles. The van der Waals surface area contributed by atoms with E-state index in [4.69, 9.17) is 4.74 Å². The Labute approximate surface area is 239 Å². The number of alkyl halides is 1. The molecule has 1 unspecified atom stereocenters. The number of rotatable bonds is 18. The molecule has 1 fully saturated rings. The summed E-state index contributed by atoms with van der Waals surface area (Å²) in [7, 11) is 0. The number of aromatic nitrogens is 1. The molecule has 1 aromatic carbocycles. The monoisotopic (exact) mass is 557 g/mol. The fourth-order valence-electron chi connectivity index (χ4n) is 5.92. The van der Waals surface area contributed by atoms with Gasteiger partial charge >= 0.3 is 5.97 Å². The number of nitrogens with zero attached hydrogens (tertiary/aromatic N) is 1. The summed E-state index contributed by atoms with van der Waals surface area (Å²) in [5, 5.41) is 9.73. The van der Waals surface area contributed by atoms with Crippen LogP contribution in [0.3, 0.4) is 0 Å². The molecule has 40 heavy (non-hydrogen) atoms. The maximum Gasteiger partial charge on any atom is 0.341 e. The topological polar surface area (TPSA) is 59.4 Å². The summed E-state index contributed by atoms with van der Waals surface area (Å²) in [6.45, 7) is 4.20. The first-order chi connectivity index (χ1) is 19.4. The van der Waals surface area contributed by atoms with Crippen molar-refractivity contribution in [2.45, 2.75) is 122 Å². The number of unbranched alkanes of at least 4 members (excludes halogenated alkanes) is 7.